The number of carbonyl (C=O) groups excluding carboxylic acids is 1. The molecule has 1 amide bonds. The number of amides is 1. The van der Waals surface area contributed by atoms with Crippen molar-refractivity contribution < 1.29 is 27.4 Å². The van der Waals surface area contributed by atoms with Crippen molar-refractivity contribution in [3.63, 3.8) is 0 Å². The van der Waals surface area contributed by atoms with Crippen molar-refractivity contribution in [1.82, 2.24) is 5.32 Å². The second-order valence-electron chi connectivity index (χ2n) is 5.27. The predicted octanol–water partition coefficient (Wildman–Crippen LogP) is 3.41. The number of alkyl halides is 3. The molecule has 1 aliphatic rings. The lowest BCUT2D eigenvalue weighted by Gasteiger charge is -2.09. The van der Waals surface area contributed by atoms with Crippen LogP contribution in [0.1, 0.15) is 21.5 Å². The molecule has 0 aromatic heterocycles. The average molecular weight is 337 g/mol. The molecule has 0 spiro atoms. The van der Waals surface area contributed by atoms with Gasteiger partial charge in [0, 0.05) is 12.1 Å². The van der Waals surface area contributed by atoms with Crippen molar-refractivity contribution in [1.29, 1.82) is 0 Å². The molecule has 0 radical (unpaired) electrons. The molecule has 0 saturated heterocycles. The van der Waals surface area contributed by atoms with Gasteiger partial charge in [0.05, 0.1) is 5.56 Å². The fourth-order valence-electron chi connectivity index (χ4n) is 2.36. The molecule has 126 valence electrons. The van der Waals surface area contributed by atoms with Crippen LogP contribution in [0.25, 0.3) is 0 Å². The first-order valence-corrected chi connectivity index (χ1v) is 7.27. The Balaban J connectivity index is 1.58. The van der Waals surface area contributed by atoms with Crippen LogP contribution in [0.2, 0.25) is 0 Å². The van der Waals surface area contributed by atoms with E-state index in [1.807, 2.05) is 12.1 Å². The number of nitrogens with one attached hydrogen (secondary N) is 1. The van der Waals surface area contributed by atoms with Crippen molar-refractivity contribution in [2.45, 2.75) is 12.6 Å². The van der Waals surface area contributed by atoms with Crippen LogP contribution in [0.3, 0.4) is 0 Å². The normalized spacial score (nSPS) is 13.0. The highest BCUT2D eigenvalue weighted by Crippen LogP contribution is 2.32. The zero-order valence-electron chi connectivity index (χ0n) is 12.5. The van der Waals surface area contributed by atoms with Crippen LogP contribution < -0.4 is 14.8 Å². The fraction of sp³-hybridized carbons (Fsp3) is 0.235. The molecule has 0 fully saturated rings. The largest absolute Gasteiger partial charge is 0.454 e. The summed E-state index contributed by atoms with van der Waals surface area (Å²) < 4.78 is 48.5. The van der Waals surface area contributed by atoms with E-state index in [-0.39, 0.29) is 12.4 Å². The Morgan fingerprint density at radius 2 is 1.88 bits per heavy atom. The number of halogens is 3. The van der Waals surface area contributed by atoms with Crippen molar-refractivity contribution in [2.75, 3.05) is 13.3 Å². The highest BCUT2D eigenvalue weighted by Gasteiger charge is 2.30. The van der Waals surface area contributed by atoms with Crippen LogP contribution in [0.5, 0.6) is 11.5 Å². The quantitative estimate of drug-likeness (QED) is 0.930. The summed E-state index contributed by atoms with van der Waals surface area (Å²) in [7, 11) is 0. The molecule has 7 heteroatoms. The minimum atomic E-state index is -4.47. The summed E-state index contributed by atoms with van der Waals surface area (Å²) >= 11 is 0. The number of fused-ring (bicyclic) bond motifs is 1. The summed E-state index contributed by atoms with van der Waals surface area (Å²) in [5.41, 5.74) is 0.0741. The van der Waals surface area contributed by atoms with Crippen molar-refractivity contribution in [3.8, 4) is 11.5 Å². The van der Waals surface area contributed by atoms with Gasteiger partial charge in [-0.05, 0) is 42.3 Å². The van der Waals surface area contributed by atoms with Gasteiger partial charge in [0.15, 0.2) is 11.5 Å². The summed E-state index contributed by atoms with van der Waals surface area (Å²) in [6.07, 6.45) is -3.94. The van der Waals surface area contributed by atoms with E-state index < -0.39 is 17.6 Å². The summed E-state index contributed by atoms with van der Waals surface area (Å²) in [5, 5.41) is 2.62. The number of ether oxygens (including phenoxy) is 2. The summed E-state index contributed by atoms with van der Waals surface area (Å²) in [6.45, 7) is 0.486. The maximum absolute atomic E-state index is 12.7. The topological polar surface area (TPSA) is 47.6 Å². The molecule has 1 aliphatic heterocycles. The van der Waals surface area contributed by atoms with E-state index in [2.05, 4.69) is 5.32 Å². The minimum Gasteiger partial charge on any atom is -0.454 e. The minimum absolute atomic E-state index is 0.0180. The third-order valence-electron chi connectivity index (χ3n) is 3.59. The third kappa shape index (κ3) is 3.61. The lowest BCUT2D eigenvalue weighted by Crippen LogP contribution is -2.26. The van der Waals surface area contributed by atoms with Gasteiger partial charge in [-0.1, -0.05) is 12.1 Å². The average Bonchev–Trinajstić information content (AvgIpc) is 3.02. The Labute approximate surface area is 136 Å². The number of benzene rings is 2. The van der Waals surface area contributed by atoms with E-state index in [9.17, 15) is 18.0 Å². The monoisotopic (exact) mass is 337 g/mol. The number of hydrogen-bond donors (Lipinski definition) is 1. The van der Waals surface area contributed by atoms with E-state index in [1.165, 1.54) is 12.1 Å². The number of rotatable bonds is 4. The molecule has 0 aliphatic carbocycles. The molecule has 2 aromatic carbocycles. The second kappa shape index (κ2) is 6.43. The van der Waals surface area contributed by atoms with E-state index >= 15 is 0 Å². The highest BCUT2D eigenvalue weighted by atomic mass is 19.4. The van der Waals surface area contributed by atoms with Crippen LogP contribution in [0.4, 0.5) is 13.2 Å². The molecule has 4 nitrogen and oxygen atoms in total. The summed E-state index contributed by atoms with van der Waals surface area (Å²) in [5.74, 6) is 0.783. The maximum atomic E-state index is 12.7. The van der Waals surface area contributed by atoms with Gasteiger partial charge >= 0.3 is 6.18 Å². The van der Waals surface area contributed by atoms with Crippen molar-refractivity contribution in [2.24, 2.45) is 0 Å². The van der Waals surface area contributed by atoms with Crippen LogP contribution in [0, 0.1) is 0 Å². The van der Waals surface area contributed by atoms with Gasteiger partial charge in [-0.2, -0.15) is 13.2 Å². The Kier molecular flexibility index (Phi) is 4.33. The van der Waals surface area contributed by atoms with Crippen LogP contribution in [0.15, 0.2) is 42.5 Å². The number of hydrogen-bond acceptors (Lipinski definition) is 3. The predicted molar refractivity (Wildman–Crippen MR) is 80.0 cm³/mol. The van der Waals surface area contributed by atoms with Gasteiger partial charge in [0.1, 0.15) is 0 Å². The Hall–Kier alpha value is -2.70. The molecule has 0 saturated carbocycles. The van der Waals surface area contributed by atoms with E-state index in [0.29, 0.717) is 24.5 Å². The molecule has 3 rings (SSSR count). The van der Waals surface area contributed by atoms with Crippen molar-refractivity contribution >= 4 is 5.91 Å². The summed E-state index contributed by atoms with van der Waals surface area (Å²) in [6, 6.07) is 9.80. The van der Waals surface area contributed by atoms with Gasteiger partial charge in [-0.3, -0.25) is 4.79 Å². The SMILES string of the molecule is O=C(NCCc1ccc2c(c1)OCO2)c1cccc(C(F)(F)F)c1. The Morgan fingerprint density at radius 1 is 1.08 bits per heavy atom. The van der Waals surface area contributed by atoms with Crippen molar-refractivity contribution in [3.05, 3.63) is 59.2 Å². The first-order chi connectivity index (χ1) is 11.4. The Bertz CT molecular complexity index is 759. The molecule has 1 N–H and O–H groups in total. The Morgan fingerprint density at radius 3 is 2.67 bits per heavy atom. The first-order valence-electron chi connectivity index (χ1n) is 7.27. The zero-order chi connectivity index (χ0) is 17.2. The molecule has 1 heterocycles. The van der Waals surface area contributed by atoms with Gasteiger partial charge < -0.3 is 14.8 Å². The third-order valence-corrected chi connectivity index (χ3v) is 3.59. The maximum Gasteiger partial charge on any atom is 0.416 e. The van der Waals surface area contributed by atoms with E-state index in [1.54, 1.807) is 6.07 Å². The van der Waals surface area contributed by atoms with Crippen LogP contribution in [-0.4, -0.2) is 19.2 Å². The molecule has 0 unspecified atom stereocenters. The van der Waals surface area contributed by atoms with Gasteiger partial charge in [-0.25, -0.2) is 0 Å². The molecule has 2 aromatic rings. The molecule has 0 atom stereocenters. The smallest absolute Gasteiger partial charge is 0.416 e. The van der Waals surface area contributed by atoms with Crippen LogP contribution >= 0.6 is 0 Å². The fourth-order valence-corrected chi connectivity index (χ4v) is 2.36. The lowest BCUT2D eigenvalue weighted by molar-refractivity contribution is -0.137. The van der Waals surface area contributed by atoms with E-state index in [4.69, 9.17) is 9.47 Å². The van der Waals surface area contributed by atoms with Gasteiger partial charge in [0.25, 0.3) is 5.91 Å². The summed E-state index contributed by atoms with van der Waals surface area (Å²) in [4.78, 5) is 12.0. The first kappa shape index (κ1) is 16.2. The lowest BCUT2D eigenvalue weighted by atomic mass is 10.1. The molecular weight excluding hydrogens is 323 g/mol. The standard InChI is InChI=1S/C17H14F3NO3/c18-17(19,20)13-3-1-2-12(9-13)16(22)21-7-6-11-4-5-14-15(8-11)24-10-23-14/h1-5,8-9H,6-7,10H2,(H,21,22). The van der Waals surface area contributed by atoms with Crippen LogP contribution in [-0.2, 0) is 12.6 Å². The molecule has 0 bridgehead atoms. The second-order valence-corrected chi connectivity index (χ2v) is 5.27. The molecular formula is C17H14F3NO3. The van der Waals surface area contributed by atoms with E-state index in [0.717, 1.165) is 17.7 Å². The van der Waals surface area contributed by atoms with Gasteiger partial charge in [0.2, 0.25) is 6.79 Å². The van der Waals surface area contributed by atoms with Gasteiger partial charge in [-0.15, -0.1) is 0 Å². The highest BCUT2D eigenvalue weighted by molar-refractivity contribution is 5.94. The zero-order valence-corrected chi connectivity index (χ0v) is 12.5. The molecule has 24 heavy (non-hydrogen) atoms. The number of carbonyl (C=O) groups is 1.